The third kappa shape index (κ3) is 3.84. The molecule has 0 radical (unpaired) electrons. The van der Waals surface area contributed by atoms with Crippen molar-refractivity contribution in [2.75, 3.05) is 11.6 Å². The Morgan fingerprint density at radius 1 is 0.708 bits per heavy atom. The summed E-state index contributed by atoms with van der Waals surface area (Å²) in [5, 5.41) is 1.86. The van der Waals surface area contributed by atoms with Gasteiger partial charge in [-0.15, -0.1) is 0 Å². The number of anilines is 1. The van der Waals surface area contributed by atoms with E-state index in [4.69, 9.17) is 5.84 Å². The molecule has 3 aromatic carbocycles. The van der Waals surface area contributed by atoms with Gasteiger partial charge in [0.25, 0.3) is 0 Å². The second kappa shape index (κ2) is 7.80. The molecule has 122 valence electrons. The molecule has 0 aliphatic heterocycles. The highest BCUT2D eigenvalue weighted by atomic mass is 15.4. The van der Waals surface area contributed by atoms with Gasteiger partial charge in [-0.05, 0) is 29.2 Å². The molecule has 3 rings (SSSR count). The van der Waals surface area contributed by atoms with E-state index in [9.17, 15) is 0 Å². The Hall–Kier alpha value is -2.58. The van der Waals surface area contributed by atoms with Crippen molar-refractivity contribution < 1.29 is 0 Å². The maximum absolute atomic E-state index is 6.38. The zero-order valence-corrected chi connectivity index (χ0v) is 14.0. The first kappa shape index (κ1) is 16.3. The molecule has 0 spiro atoms. The van der Waals surface area contributed by atoms with Gasteiger partial charge in [0, 0.05) is 12.5 Å². The van der Waals surface area contributed by atoms with E-state index in [1.54, 1.807) is 0 Å². The number of hydrogen-bond acceptors (Lipinski definition) is 2. The van der Waals surface area contributed by atoms with Crippen molar-refractivity contribution >= 4 is 5.69 Å². The van der Waals surface area contributed by atoms with Crippen LogP contribution in [0.2, 0.25) is 0 Å². The van der Waals surface area contributed by atoms with E-state index < -0.39 is 0 Å². The van der Waals surface area contributed by atoms with Crippen molar-refractivity contribution in [1.29, 1.82) is 0 Å². The van der Waals surface area contributed by atoms with Crippen LogP contribution < -0.4 is 10.9 Å². The Balaban J connectivity index is 1.88. The van der Waals surface area contributed by atoms with Crippen molar-refractivity contribution in [3.8, 4) is 0 Å². The highest BCUT2D eigenvalue weighted by Gasteiger charge is 2.22. The van der Waals surface area contributed by atoms with Gasteiger partial charge in [-0.2, -0.15) is 0 Å². The van der Waals surface area contributed by atoms with Crippen LogP contribution in [0.3, 0.4) is 0 Å². The lowest BCUT2D eigenvalue weighted by Crippen LogP contribution is -2.36. The van der Waals surface area contributed by atoms with Crippen LogP contribution in [-0.2, 0) is 0 Å². The lowest BCUT2D eigenvalue weighted by molar-refractivity contribution is 0.562. The normalized spacial score (nSPS) is 13.2. The van der Waals surface area contributed by atoms with E-state index in [1.807, 2.05) is 23.2 Å². The zero-order valence-electron chi connectivity index (χ0n) is 14.0. The summed E-state index contributed by atoms with van der Waals surface area (Å²) < 4.78 is 0. The van der Waals surface area contributed by atoms with Crippen molar-refractivity contribution in [3.63, 3.8) is 0 Å². The van der Waals surface area contributed by atoms with Gasteiger partial charge in [0.15, 0.2) is 0 Å². The quantitative estimate of drug-likeness (QED) is 0.515. The molecule has 0 saturated heterocycles. The molecule has 0 bridgehead atoms. The average Bonchev–Trinajstić information content (AvgIpc) is 2.67. The SMILES string of the molecule is C[C@H](c1ccccc1)C(CN(N)c1ccccc1)c1ccccc1. The van der Waals surface area contributed by atoms with E-state index in [-0.39, 0.29) is 0 Å². The van der Waals surface area contributed by atoms with Crippen LogP contribution in [0.15, 0.2) is 91.0 Å². The molecule has 0 aliphatic carbocycles. The second-order valence-corrected chi connectivity index (χ2v) is 6.20. The molecule has 0 aliphatic rings. The van der Waals surface area contributed by atoms with Crippen LogP contribution in [-0.4, -0.2) is 6.54 Å². The summed E-state index contributed by atoms with van der Waals surface area (Å²) in [5.41, 5.74) is 3.70. The van der Waals surface area contributed by atoms with Gasteiger partial charge in [-0.25, -0.2) is 5.84 Å². The van der Waals surface area contributed by atoms with Crippen LogP contribution >= 0.6 is 0 Å². The molecule has 3 aromatic rings. The minimum absolute atomic E-state index is 0.318. The van der Waals surface area contributed by atoms with E-state index in [2.05, 4.69) is 79.7 Å². The van der Waals surface area contributed by atoms with Gasteiger partial charge in [0.1, 0.15) is 0 Å². The zero-order chi connectivity index (χ0) is 16.8. The molecular formula is C22H24N2. The maximum Gasteiger partial charge on any atom is 0.0517 e. The fourth-order valence-corrected chi connectivity index (χ4v) is 3.18. The van der Waals surface area contributed by atoms with E-state index in [0.717, 1.165) is 12.2 Å². The first-order valence-corrected chi connectivity index (χ1v) is 8.43. The van der Waals surface area contributed by atoms with Crippen molar-refractivity contribution in [2.24, 2.45) is 5.84 Å². The molecule has 2 heteroatoms. The standard InChI is InChI=1S/C22H24N2/c1-18(19-11-5-2-6-12-19)22(20-13-7-3-8-14-20)17-24(23)21-15-9-4-10-16-21/h2-16,18,22H,17,23H2,1H3/t18-,22?/m1/s1. The number of nitrogens with two attached hydrogens (primary N) is 1. The van der Waals surface area contributed by atoms with Crippen molar-refractivity contribution in [1.82, 2.24) is 0 Å². The van der Waals surface area contributed by atoms with E-state index in [0.29, 0.717) is 11.8 Å². The molecule has 1 unspecified atom stereocenters. The van der Waals surface area contributed by atoms with Gasteiger partial charge >= 0.3 is 0 Å². The number of para-hydroxylation sites is 1. The topological polar surface area (TPSA) is 29.3 Å². The minimum atomic E-state index is 0.318. The Morgan fingerprint density at radius 2 is 1.17 bits per heavy atom. The Labute approximate surface area is 144 Å². The fourth-order valence-electron chi connectivity index (χ4n) is 3.18. The van der Waals surface area contributed by atoms with Gasteiger partial charge in [0.2, 0.25) is 0 Å². The summed E-state index contributed by atoms with van der Waals surface area (Å²) in [6.45, 7) is 3.05. The second-order valence-electron chi connectivity index (χ2n) is 6.20. The number of rotatable bonds is 6. The summed E-state index contributed by atoms with van der Waals surface area (Å²) in [6, 6.07) is 31.5. The molecular weight excluding hydrogens is 292 g/mol. The van der Waals surface area contributed by atoms with Crippen LogP contribution in [0.1, 0.15) is 29.9 Å². The molecule has 0 fully saturated rings. The highest BCUT2D eigenvalue weighted by molar-refractivity contribution is 5.45. The number of benzene rings is 3. The number of hydrazine groups is 1. The van der Waals surface area contributed by atoms with Crippen LogP contribution in [0.25, 0.3) is 0 Å². The van der Waals surface area contributed by atoms with E-state index >= 15 is 0 Å². The summed E-state index contributed by atoms with van der Waals surface area (Å²) in [4.78, 5) is 0. The number of nitrogens with zero attached hydrogens (tertiary/aromatic N) is 1. The highest BCUT2D eigenvalue weighted by Crippen LogP contribution is 2.33. The molecule has 0 aromatic heterocycles. The summed E-state index contributed by atoms with van der Waals surface area (Å²) in [7, 11) is 0. The van der Waals surface area contributed by atoms with Gasteiger partial charge in [-0.1, -0.05) is 85.8 Å². The lowest BCUT2D eigenvalue weighted by atomic mass is 9.82. The first-order chi connectivity index (χ1) is 11.8. The fraction of sp³-hybridized carbons (Fsp3) is 0.182. The monoisotopic (exact) mass is 316 g/mol. The van der Waals surface area contributed by atoms with Gasteiger partial charge < -0.3 is 5.01 Å². The molecule has 0 heterocycles. The molecule has 0 saturated carbocycles. The predicted octanol–water partition coefficient (Wildman–Crippen LogP) is 4.95. The minimum Gasteiger partial charge on any atom is -0.310 e. The van der Waals surface area contributed by atoms with Gasteiger partial charge in [0.05, 0.1) is 5.69 Å². The van der Waals surface area contributed by atoms with Crippen LogP contribution in [0, 0.1) is 0 Å². The molecule has 0 amide bonds. The lowest BCUT2D eigenvalue weighted by Gasteiger charge is -2.30. The number of hydrogen-bond donors (Lipinski definition) is 1. The molecule has 2 atom stereocenters. The van der Waals surface area contributed by atoms with Crippen molar-refractivity contribution in [2.45, 2.75) is 18.8 Å². The maximum atomic E-state index is 6.38. The summed E-state index contributed by atoms with van der Waals surface area (Å²) in [6.07, 6.45) is 0. The third-order valence-electron chi connectivity index (χ3n) is 4.64. The predicted molar refractivity (Wildman–Crippen MR) is 102 cm³/mol. The Kier molecular flexibility index (Phi) is 5.29. The molecule has 24 heavy (non-hydrogen) atoms. The van der Waals surface area contributed by atoms with E-state index in [1.165, 1.54) is 11.1 Å². The smallest absolute Gasteiger partial charge is 0.0517 e. The summed E-state index contributed by atoms with van der Waals surface area (Å²) in [5.74, 6) is 7.08. The van der Waals surface area contributed by atoms with Crippen LogP contribution in [0.4, 0.5) is 5.69 Å². The third-order valence-corrected chi connectivity index (χ3v) is 4.64. The van der Waals surface area contributed by atoms with Gasteiger partial charge in [-0.3, -0.25) is 0 Å². The average molecular weight is 316 g/mol. The summed E-state index contributed by atoms with van der Waals surface area (Å²) >= 11 is 0. The molecule has 2 nitrogen and oxygen atoms in total. The van der Waals surface area contributed by atoms with Crippen molar-refractivity contribution in [3.05, 3.63) is 102 Å². The largest absolute Gasteiger partial charge is 0.310 e. The first-order valence-electron chi connectivity index (χ1n) is 8.43. The Morgan fingerprint density at radius 3 is 1.71 bits per heavy atom. The Bertz CT molecular complexity index is 726. The van der Waals surface area contributed by atoms with Crippen LogP contribution in [0.5, 0.6) is 0 Å². The molecule has 2 N–H and O–H groups in total.